The maximum absolute atomic E-state index is 12.4. The Morgan fingerprint density at radius 2 is 1.90 bits per heavy atom. The Balaban J connectivity index is 1.54. The predicted molar refractivity (Wildman–Crippen MR) is 78.3 cm³/mol. The minimum absolute atomic E-state index is 0.212. The third kappa shape index (κ3) is 2.60. The van der Waals surface area contributed by atoms with E-state index in [2.05, 4.69) is 11.8 Å². The van der Waals surface area contributed by atoms with Gasteiger partial charge in [0.25, 0.3) is 0 Å². The van der Waals surface area contributed by atoms with Gasteiger partial charge >= 0.3 is 0 Å². The van der Waals surface area contributed by atoms with Crippen LogP contribution >= 0.6 is 0 Å². The van der Waals surface area contributed by atoms with E-state index in [1.165, 1.54) is 32.1 Å². The van der Waals surface area contributed by atoms with Crippen molar-refractivity contribution in [3.05, 3.63) is 0 Å². The maximum atomic E-state index is 12.4. The van der Waals surface area contributed by atoms with E-state index in [1.807, 2.05) is 4.90 Å². The van der Waals surface area contributed by atoms with Gasteiger partial charge in [-0.1, -0.05) is 13.3 Å². The number of nitrogens with zero attached hydrogens (tertiary/aromatic N) is 2. The van der Waals surface area contributed by atoms with Crippen molar-refractivity contribution < 1.29 is 9.90 Å². The molecule has 0 aromatic heterocycles. The highest BCUT2D eigenvalue weighted by Gasteiger charge is 2.47. The number of aliphatic hydroxyl groups is 1. The number of piperidine rings is 1. The van der Waals surface area contributed by atoms with Crippen molar-refractivity contribution in [2.45, 2.75) is 51.0 Å². The maximum Gasteiger partial charge on any atom is 0.236 e. The molecule has 2 aliphatic heterocycles. The molecule has 1 saturated carbocycles. The summed E-state index contributed by atoms with van der Waals surface area (Å²) in [6.45, 7) is 6.31. The van der Waals surface area contributed by atoms with Crippen molar-refractivity contribution in [3.8, 4) is 0 Å². The molecule has 1 N–H and O–H groups in total. The molecule has 20 heavy (non-hydrogen) atoms. The van der Waals surface area contributed by atoms with E-state index >= 15 is 0 Å². The molecule has 4 heteroatoms. The number of carbonyl (C=O) groups is 1. The van der Waals surface area contributed by atoms with Gasteiger partial charge in [-0.2, -0.15) is 0 Å². The first-order valence-electron chi connectivity index (χ1n) is 8.32. The lowest BCUT2D eigenvalue weighted by atomic mass is 9.65. The second kappa shape index (κ2) is 5.64. The monoisotopic (exact) mass is 280 g/mol. The van der Waals surface area contributed by atoms with Crippen LogP contribution in [0.1, 0.15) is 45.4 Å². The third-order valence-electron chi connectivity index (χ3n) is 5.85. The predicted octanol–water partition coefficient (Wildman–Crippen LogP) is 1.48. The zero-order chi connectivity index (χ0) is 14.2. The molecule has 0 aromatic carbocycles. The second-order valence-corrected chi connectivity index (χ2v) is 7.09. The van der Waals surface area contributed by atoms with E-state index in [0.29, 0.717) is 12.5 Å². The summed E-state index contributed by atoms with van der Waals surface area (Å²) in [6.07, 6.45) is 6.82. The molecule has 0 aromatic rings. The van der Waals surface area contributed by atoms with E-state index in [0.717, 1.165) is 32.6 Å². The summed E-state index contributed by atoms with van der Waals surface area (Å²) >= 11 is 0. The number of carbonyl (C=O) groups excluding carboxylic acids is 1. The van der Waals surface area contributed by atoms with Crippen LogP contribution in [0.5, 0.6) is 0 Å². The zero-order valence-electron chi connectivity index (χ0n) is 12.7. The SMILES string of the molecule is CC1CN(C(=O)CN2CCCC2)CCC1(O)C1CCC1. The first kappa shape index (κ1) is 14.3. The van der Waals surface area contributed by atoms with Gasteiger partial charge in [0.1, 0.15) is 0 Å². The summed E-state index contributed by atoms with van der Waals surface area (Å²) in [5, 5.41) is 10.9. The fraction of sp³-hybridized carbons (Fsp3) is 0.938. The Morgan fingerprint density at radius 3 is 2.45 bits per heavy atom. The Hall–Kier alpha value is -0.610. The summed E-state index contributed by atoms with van der Waals surface area (Å²) in [4.78, 5) is 16.6. The number of hydrogen-bond donors (Lipinski definition) is 1. The van der Waals surface area contributed by atoms with Crippen LogP contribution in [-0.4, -0.2) is 59.1 Å². The molecule has 1 aliphatic carbocycles. The van der Waals surface area contributed by atoms with Crippen LogP contribution in [0, 0.1) is 11.8 Å². The van der Waals surface area contributed by atoms with E-state index < -0.39 is 5.60 Å². The molecule has 3 fully saturated rings. The Labute approximate surface area is 122 Å². The van der Waals surface area contributed by atoms with E-state index in [9.17, 15) is 9.90 Å². The Morgan fingerprint density at radius 1 is 1.20 bits per heavy atom. The van der Waals surface area contributed by atoms with Crippen LogP contribution in [0.3, 0.4) is 0 Å². The van der Waals surface area contributed by atoms with Gasteiger partial charge in [0.15, 0.2) is 0 Å². The van der Waals surface area contributed by atoms with Gasteiger partial charge < -0.3 is 10.0 Å². The summed E-state index contributed by atoms with van der Waals surface area (Å²) in [5.74, 6) is 0.951. The molecule has 2 atom stereocenters. The number of rotatable bonds is 3. The Kier molecular flexibility index (Phi) is 4.04. The fourth-order valence-electron chi connectivity index (χ4n) is 4.11. The number of amides is 1. The minimum Gasteiger partial charge on any atom is -0.389 e. The van der Waals surface area contributed by atoms with Crippen molar-refractivity contribution in [1.82, 2.24) is 9.80 Å². The molecular formula is C16H28N2O2. The Bertz CT molecular complexity index is 363. The smallest absolute Gasteiger partial charge is 0.236 e. The average molecular weight is 280 g/mol. The highest BCUT2D eigenvalue weighted by atomic mass is 16.3. The van der Waals surface area contributed by atoms with Gasteiger partial charge in [0.2, 0.25) is 5.91 Å². The van der Waals surface area contributed by atoms with E-state index in [1.54, 1.807) is 0 Å². The highest BCUT2D eigenvalue weighted by molar-refractivity contribution is 5.78. The molecule has 3 rings (SSSR count). The molecule has 2 heterocycles. The third-order valence-corrected chi connectivity index (χ3v) is 5.85. The topological polar surface area (TPSA) is 43.8 Å². The lowest BCUT2D eigenvalue weighted by Gasteiger charge is -2.50. The molecule has 2 unspecified atom stereocenters. The van der Waals surface area contributed by atoms with Crippen molar-refractivity contribution in [1.29, 1.82) is 0 Å². The normalized spacial score (nSPS) is 36.1. The van der Waals surface area contributed by atoms with Gasteiger partial charge in [-0.05, 0) is 51.1 Å². The van der Waals surface area contributed by atoms with Gasteiger partial charge in [-0.15, -0.1) is 0 Å². The molecule has 0 radical (unpaired) electrons. The van der Waals surface area contributed by atoms with Crippen molar-refractivity contribution in [2.75, 3.05) is 32.7 Å². The highest BCUT2D eigenvalue weighted by Crippen LogP contribution is 2.44. The average Bonchev–Trinajstić information content (AvgIpc) is 2.83. The van der Waals surface area contributed by atoms with Crippen LogP contribution in [0.2, 0.25) is 0 Å². The summed E-state index contributed by atoms with van der Waals surface area (Å²) in [7, 11) is 0. The van der Waals surface area contributed by atoms with Crippen LogP contribution < -0.4 is 0 Å². The molecule has 114 valence electrons. The number of likely N-dealkylation sites (tertiary alicyclic amines) is 2. The van der Waals surface area contributed by atoms with Crippen LogP contribution in [0.15, 0.2) is 0 Å². The van der Waals surface area contributed by atoms with Crippen LogP contribution in [-0.2, 0) is 4.79 Å². The van der Waals surface area contributed by atoms with Crippen molar-refractivity contribution in [2.24, 2.45) is 11.8 Å². The van der Waals surface area contributed by atoms with Crippen molar-refractivity contribution >= 4 is 5.91 Å². The summed E-state index contributed by atoms with van der Waals surface area (Å²) in [5.41, 5.74) is -0.511. The van der Waals surface area contributed by atoms with Crippen LogP contribution in [0.25, 0.3) is 0 Å². The zero-order valence-corrected chi connectivity index (χ0v) is 12.7. The first-order chi connectivity index (χ1) is 9.59. The fourth-order valence-corrected chi connectivity index (χ4v) is 4.11. The van der Waals surface area contributed by atoms with Gasteiger partial charge in [-0.3, -0.25) is 9.69 Å². The first-order valence-corrected chi connectivity index (χ1v) is 8.32. The van der Waals surface area contributed by atoms with E-state index in [-0.39, 0.29) is 11.8 Å². The number of hydrogen-bond acceptors (Lipinski definition) is 3. The van der Waals surface area contributed by atoms with Crippen molar-refractivity contribution in [3.63, 3.8) is 0 Å². The van der Waals surface area contributed by atoms with Gasteiger partial charge in [-0.25, -0.2) is 0 Å². The lowest BCUT2D eigenvalue weighted by Crippen LogP contribution is -2.58. The summed E-state index contributed by atoms with van der Waals surface area (Å²) in [6, 6.07) is 0. The molecule has 3 aliphatic rings. The van der Waals surface area contributed by atoms with Gasteiger partial charge in [0, 0.05) is 19.0 Å². The van der Waals surface area contributed by atoms with Gasteiger partial charge in [0.05, 0.1) is 12.1 Å². The lowest BCUT2D eigenvalue weighted by molar-refractivity contribution is -0.151. The van der Waals surface area contributed by atoms with Crippen LogP contribution in [0.4, 0.5) is 0 Å². The summed E-state index contributed by atoms with van der Waals surface area (Å²) < 4.78 is 0. The molecule has 2 saturated heterocycles. The largest absolute Gasteiger partial charge is 0.389 e. The second-order valence-electron chi connectivity index (χ2n) is 7.09. The molecular weight excluding hydrogens is 252 g/mol. The molecule has 4 nitrogen and oxygen atoms in total. The molecule has 0 bridgehead atoms. The standard InChI is InChI=1S/C16H28N2O2/c1-13-11-18(15(19)12-17-8-2-3-9-17)10-7-16(13,20)14-5-4-6-14/h13-14,20H,2-12H2,1H3. The van der Waals surface area contributed by atoms with E-state index in [4.69, 9.17) is 0 Å². The molecule has 0 spiro atoms. The quantitative estimate of drug-likeness (QED) is 0.851. The molecule has 1 amide bonds. The minimum atomic E-state index is -0.511.